The van der Waals surface area contributed by atoms with Gasteiger partial charge in [-0.25, -0.2) is 4.39 Å². The number of hydrogen-bond donors (Lipinski definition) is 3. The second-order valence-corrected chi connectivity index (χ2v) is 10.5. The minimum Gasteiger partial charge on any atom is -0.481 e. The first kappa shape index (κ1) is 27.9. The minimum absolute atomic E-state index is 0.0568. The Morgan fingerprint density at radius 1 is 1.11 bits per heavy atom. The van der Waals surface area contributed by atoms with Crippen LogP contribution in [0.25, 0.3) is 5.69 Å². The summed E-state index contributed by atoms with van der Waals surface area (Å²) in [5.74, 6) is -2.24. The molecule has 3 N–H and O–H groups in total. The summed E-state index contributed by atoms with van der Waals surface area (Å²) >= 11 is 0. The van der Waals surface area contributed by atoms with Gasteiger partial charge in [0.1, 0.15) is 23.7 Å². The summed E-state index contributed by atoms with van der Waals surface area (Å²) in [4.78, 5) is 24.9. The Labute approximate surface area is 216 Å². The summed E-state index contributed by atoms with van der Waals surface area (Å²) < 4.78 is 21.7. The van der Waals surface area contributed by atoms with Gasteiger partial charge in [0.05, 0.1) is 12.5 Å². The van der Waals surface area contributed by atoms with Crippen molar-refractivity contribution < 1.29 is 28.9 Å². The van der Waals surface area contributed by atoms with Gasteiger partial charge in [-0.15, -0.1) is 0 Å². The fourth-order valence-corrected chi connectivity index (χ4v) is 3.60. The monoisotopic (exact) mass is 511 g/mol. The third-order valence-corrected chi connectivity index (χ3v) is 6.81. The van der Waals surface area contributed by atoms with Crippen LogP contribution in [0.1, 0.15) is 67.3 Å². The number of benzene rings is 2. The number of hydrogen-bond acceptors (Lipinski definition) is 5. The number of halogens is 1. The van der Waals surface area contributed by atoms with Crippen molar-refractivity contribution in [1.82, 2.24) is 15.1 Å². The first-order chi connectivity index (χ1) is 17.2. The average molecular weight is 512 g/mol. The van der Waals surface area contributed by atoms with Crippen molar-refractivity contribution in [2.45, 2.75) is 59.6 Å². The van der Waals surface area contributed by atoms with Gasteiger partial charge in [-0.3, -0.25) is 9.59 Å². The summed E-state index contributed by atoms with van der Waals surface area (Å²) in [6, 6.07) is 11.9. The smallest absolute Gasteiger partial charge is 0.305 e. The molecule has 8 nitrogen and oxygen atoms in total. The van der Waals surface area contributed by atoms with Gasteiger partial charge in [-0.1, -0.05) is 51.1 Å². The van der Waals surface area contributed by atoms with E-state index in [4.69, 9.17) is 4.74 Å². The number of carboxylic acids is 1. The predicted octanol–water partition coefficient (Wildman–Crippen LogP) is 4.75. The van der Waals surface area contributed by atoms with Crippen LogP contribution in [-0.4, -0.2) is 44.1 Å². The molecule has 3 aromatic rings. The Hall–Kier alpha value is -3.72. The molecule has 0 aliphatic carbocycles. The van der Waals surface area contributed by atoms with E-state index in [1.165, 1.54) is 24.3 Å². The van der Waals surface area contributed by atoms with Crippen molar-refractivity contribution in [2.24, 2.45) is 5.41 Å². The third-order valence-electron chi connectivity index (χ3n) is 6.81. The zero-order valence-electron chi connectivity index (χ0n) is 22.0. The first-order valence-corrected chi connectivity index (χ1v) is 12.0. The van der Waals surface area contributed by atoms with E-state index >= 15 is 0 Å². The average Bonchev–Trinajstić information content (AvgIpc) is 3.22. The van der Waals surface area contributed by atoms with Crippen LogP contribution in [0.2, 0.25) is 0 Å². The molecule has 1 aromatic heterocycles. The second-order valence-electron chi connectivity index (χ2n) is 10.5. The number of para-hydroxylation sites is 1. The van der Waals surface area contributed by atoms with Gasteiger partial charge in [0.25, 0.3) is 5.91 Å². The molecular formula is C28H34FN3O5. The summed E-state index contributed by atoms with van der Waals surface area (Å²) in [7, 11) is 0. The maximum Gasteiger partial charge on any atom is 0.305 e. The van der Waals surface area contributed by atoms with Crippen LogP contribution in [0, 0.1) is 25.1 Å². The largest absolute Gasteiger partial charge is 0.481 e. The van der Waals surface area contributed by atoms with E-state index in [-0.39, 0.29) is 30.3 Å². The van der Waals surface area contributed by atoms with Crippen LogP contribution in [0.4, 0.5) is 4.39 Å². The molecule has 3 rings (SSSR count). The van der Waals surface area contributed by atoms with Crippen LogP contribution in [-0.2, 0) is 4.79 Å². The lowest BCUT2D eigenvalue weighted by molar-refractivity contribution is -0.137. The molecule has 0 saturated heterocycles. The highest BCUT2D eigenvalue weighted by molar-refractivity contribution is 5.93. The van der Waals surface area contributed by atoms with Crippen molar-refractivity contribution in [3.05, 3.63) is 76.7 Å². The van der Waals surface area contributed by atoms with Gasteiger partial charge in [0, 0.05) is 6.07 Å². The Morgan fingerprint density at radius 2 is 1.78 bits per heavy atom. The van der Waals surface area contributed by atoms with E-state index < -0.39 is 34.8 Å². The second kappa shape index (κ2) is 10.7. The lowest BCUT2D eigenvalue weighted by Gasteiger charge is -2.36. The van der Waals surface area contributed by atoms with Crippen LogP contribution in [0.15, 0.2) is 48.5 Å². The summed E-state index contributed by atoms with van der Waals surface area (Å²) in [6.45, 7) is 10.8. The number of carbonyl (C=O) groups excluding carboxylic acids is 1. The highest BCUT2D eigenvalue weighted by atomic mass is 19.1. The molecule has 0 saturated carbocycles. The summed E-state index contributed by atoms with van der Waals surface area (Å²) in [6.07, 6.45) is -0.331. The first-order valence-electron chi connectivity index (χ1n) is 12.0. The fraction of sp³-hybridized carbons (Fsp3) is 0.393. The van der Waals surface area contributed by atoms with E-state index in [1.807, 2.05) is 40.7 Å². The topological polar surface area (TPSA) is 114 Å². The number of amides is 1. The molecule has 1 amide bonds. The number of aryl methyl sites for hydroxylation is 1. The molecule has 2 atom stereocenters. The Morgan fingerprint density at radius 3 is 2.41 bits per heavy atom. The molecule has 0 aliphatic rings. The summed E-state index contributed by atoms with van der Waals surface area (Å²) in [5, 5.41) is 27.4. The van der Waals surface area contributed by atoms with Crippen molar-refractivity contribution in [3.8, 4) is 11.6 Å². The highest BCUT2D eigenvalue weighted by Gasteiger charge is 2.36. The van der Waals surface area contributed by atoms with Crippen molar-refractivity contribution >= 4 is 11.9 Å². The number of ether oxygens (including phenoxy) is 1. The standard InChI is InChI=1S/C28H34FN3O5/c1-17-10-9-11-19(18(17)2)21(15-25(33)34)30-26(35)22-14-24(37-16-28(6,36)27(3,4)5)32(31-22)23-13-8-7-12-20(23)29/h7-14,21,36H,15-16H2,1-6H3,(H,30,35)(H,33,34). The van der Waals surface area contributed by atoms with Crippen LogP contribution < -0.4 is 10.1 Å². The van der Waals surface area contributed by atoms with Crippen LogP contribution in [0.3, 0.4) is 0 Å². The molecule has 1 heterocycles. The Balaban J connectivity index is 1.98. The number of aliphatic hydroxyl groups is 1. The van der Waals surface area contributed by atoms with Gasteiger partial charge < -0.3 is 20.3 Å². The number of rotatable bonds is 9. The Kier molecular flexibility index (Phi) is 8.07. The normalized spacial score (nSPS) is 14.1. The number of nitrogens with zero attached hydrogens (tertiary/aromatic N) is 2. The van der Waals surface area contributed by atoms with E-state index in [0.717, 1.165) is 15.8 Å². The van der Waals surface area contributed by atoms with Crippen molar-refractivity contribution in [3.63, 3.8) is 0 Å². The SMILES string of the molecule is Cc1cccc(C(CC(=O)O)NC(=O)c2cc(OCC(C)(O)C(C)(C)C)n(-c3ccccc3F)n2)c1C. The van der Waals surface area contributed by atoms with Gasteiger partial charge in [-0.05, 0) is 55.0 Å². The molecule has 9 heteroatoms. The molecule has 0 spiro atoms. The lowest BCUT2D eigenvalue weighted by Crippen LogP contribution is -2.45. The number of aromatic nitrogens is 2. The minimum atomic E-state index is -1.24. The van der Waals surface area contributed by atoms with Gasteiger partial charge >= 0.3 is 5.97 Å². The zero-order valence-corrected chi connectivity index (χ0v) is 22.0. The predicted molar refractivity (Wildman–Crippen MR) is 137 cm³/mol. The van der Waals surface area contributed by atoms with Crippen molar-refractivity contribution in [2.75, 3.05) is 6.61 Å². The van der Waals surface area contributed by atoms with Crippen LogP contribution in [0.5, 0.6) is 5.88 Å². The quantitative estimate of drug-likeness (QED) is 0.382. The maximum absolute atomic E-state index is 14.7. The van der Waals surface area contributed by atoms with E-state index in [9.17, 15) is 24.2 Å². The fourth-order valence-electron chi connectivity index (χ4n) is 3.60. The number of carbonyl (C=O) groups is 2. The molecular weight excluding hydrogens is 477 g/mol. The highest BCUT2D eigenvalue weighted by Crippen LogP contribution is 2.31. The van der Waals surface area contributed by atoms with Crippen molar-refractivity contribution in [1.29, 1.82) is 0 Å². The number of aliphatic carboxylic acids is 1. The van der Waals surface area contributed by atoms with Crippen LogP contribution >= 0.6 is 0 Å². The molecule has 0 bridgehead atoms. The molecule has 0 fully saturated rings. The third kappa shape index (κ3) is 6.35. The lowest BCUT2D eigenvalue weighted by atomic mass is 9.78. The molecule has 0 aliphatic heterocycles. The van der Waals surface area contributed by atoms with E-state index in [2.05, 4.69) is 10.4 Å². The van der Waals surface area contributed by atoms with Gasteiger partial charge in [0.2, 0.25) is 5.88 Å². The summed E-state index contributed by atoms with van der Waals surface area (Å²) in [5.41, 5.74) is 0.729. The molecule has 2 aromatic carbocycles. The molecule has 2 unspecified atom stereocenters. The molecule has 0 radical (unpaired) electrons. The Bertz CT molecular complexity index is 1290. The molecule has 198 valence electrons. The number of nitrogens with one attached hydrogen (secondary N) is 1. The van der Waals surface area contributed by atoms with Gasteiger partial charge in [0.15, 0.2) is 5.69 Å². The maximum atomic E-state index is 14.7. The zero-order chi connectivity index (χ0) is 27.5. The van der Waals surface area contributed by atoms with E-state index in [0.29, 0.717) is 5.56 Å². The van der Waals surface area contributed by atoms with Gasteiger partial charge in [-0.2, -0.15) is 9.78 Å². The number of carboxylic acid groups (broad SMARTS) is 1. The van der Waals surface area contributed by atoms with E-state index in [1.54, 1.807) is 25.1 Å². The molecule has 37 heavy (non-hydrogen) atoms.